The lowest BCUT2D eigenvalue weighted by molar-refractivity contribution is 0.362. The van der Waals surface area contributed by atoms with Gasteiger partial charge in [-0.2, -0.15) is 5.10 Å². The largest absolute Gasteiger partial charge is 0.346 e. The van der Waals surface area contributed by atoms with Crippen molar-refractivity contribution in [3.05, 3.63) is 52.0 Å². The van der Waals surface area contributed by atoms with Crippen molar-refractivity contribution in [3.63, 3.8) is 0 Å². The second kappa shape index (κ2) is 7.08. The molecule has 0 unspecified atom stereocenters. The van der Waals surface area contributed by atoms with Crippen molar-refractivity contribution in [2.75, 3.05) is 13.1 Å². The van der Waals surface area contributed by atoms with E-state index in [4.69, 9.17) is 0 Å². The number of hydrogen-bond donors (Lipinski definition) is 1. The van der Waals surface area contributed by atoms with Crippen LogP contribution < -0.4 is 11.0 Å². The fourth-order valence-corrected chi connectivity index (χ4v) is 3.21. The van der Waals surface area contributed by atoms with Crippen molar-refractivity contribution in [2.24, 2.45) is 5.92 Å². The molecule has 0 radical (unpaired) electrons. The van der Waals surface area contributed by atoms with Crippen molar-refractivity contribution in [3.8, 4) is 0 Å². The van der Waals surface area contributed by atoms with Crippen LogP contribution in [-0.2, 0) is 19.5 Å². The summed E-state index contributed by atoms with van der Waals surface area (Å²) < 4.78 is 16.5. The summed E-state index contributed by atoms with van der Waals surface area (Å²) >= 11 is 0. The van der Waals surface area contributed by atoms with Gasteiger partial charge in [-0.05, 0) is 56.5 Å². The summed E-state index contributed by atoms with van der Waals surface area (Å²) in [6.07, 6.45) is 3.07. The molecular formula is C17H23FN4O. The third-order valence-corrected chi connectivity index (χ3v) is 4.47. The maximum atomic E-state index is 13.3. The summed E-state index contributed by atoms with van der Waals surface area (Å²) in [5.74, 6) is 1.13. The van der Waals surface area contributed by atoms with E-state index >= 15 is 0 Å². The number of nitrogens with one attached hydrogen (secondary N) is 1. The van der Waals surface area contributed by atoms with Crippen molar-refractivity contribution >= 4 is 0 Å². The highest BCUT2D eigenvalue weighted by atomic mass is 19.1. The Bertz CT molecular complexity index is 716. The number of aromatic nitrogens is 3. The minimum absolute atomic E-state index is 0.110. The summed E-state index contributed by atoms with van der Waals surface area (Å²) in [5.41, 5.74) is 0.641. The van der Waals surface area contributed by atoms with Gasteiger partial charge in [0.1, 0.15) is 11.6 Å². The van der Waals surface area contributed by atoms with E-state index in [1.807, 2.05) is 13.0 Å². The van der Waals surface area contributed by atoms with Gasteiger partial charge in [-0.1, -0.05) is 12.1 Å². The van der Waals surface area contributed by atoms with Crippen LogP contribution in [0, 0.1) is 11.7 Å². The average Bonchev–Trinajstić information content (AvgIpc) is 2.83. The lowest BCUT2D eigenvalue weighted by Crippen LogP contribution is -2.30. The number of piperidine rings is 1. The monoisotopic (exact) mass is 318 g/mol. The van der Waals surface area contributed by atoms with Crippen molar-refractivity contribution in [1.82, 2.24) is 19.7 Å². The summed E-state index contributed by atoms with van der Waals surface area (Å²) in [5, 5.41) is 7.88. The van der Waals surface area contributed by atoms with E-state index in [0.717, 1.165) is 43.7 Å². The molecule has 0 atom stereocenters. The Labute approximate surface area is 135 Å². The maximum Gasteiger partial charge on any atom is 0.346 e. The van der Waals surface area contributed by atoms with Gasteiger partial charge in [-0.25, -0.2) is 13.9 Å². The molecular weight excluding hydrogens is 295 g/mol. The Morgan fingerprint density at radius 1 is 1.35 bits per heavy atom. The zero-order valence-electron chi connectivity index (χ0n) is 13.5. The Balaban J connectivity index is 1.82. The Morgan fingerprint density at radius 3 is 2.83 bits per heavy atom. The number of rotatable bonds is 5. The second-order valence-corrected chi connectivity index (χ2v) is 6.13. The molecule has 0 saturated carbocycles. The topological polar surface area (TPSA) is 51.9 Å². The van der Waals surface area contributed by atoms with Crippen LogP contribution in [-0.4, -0.2) is 27.4 Å². The molecule has 1 N–H and O–H groups in total. The third kappa shape index (κ3) is 3.69. The van der Waals surface area contributed by atoms with Crippen LogP contribution in [0.1, 0.15) is 31.2 Å². The lowest BCUT2D eigenvalue weighted by Gasteiger charge is -2.21. The molecule has 2 aromatic rings. The highest BCUT2D eigenvalue weighted by Gasteiger charge is 2.19. The van der Waals surface area contributed by atoms with Gasteiger partial charge in [-0.15, -0.1) is 0 Å². The van der Waals surface area contributed by atoms with E-state index in [2.05, 4.69) is 10.4 Å². The van der Waals surface area contributed by atoms with Gasteiger partial charge in [0.2, 0.25) is 0 Å². The molecule has 1 aliphatic rings. The predicted octanol–water partition coefficient (Wildman–Crippen LogP) is 1.79. The highest BCUT2D eigenvalue weighted by Crippen LogP contribution is 2.16. The van der Waals surface area contributed by atoms with Crippen molar-refractivity contribution < 1.29 is 4.39 Å². The molecule has 1 fully saturated rings. The van der Waals surface area contributed by atoms with Gasteiger partial charge in [0.05, 0.1) is 6.54 Å². The lowest BCUT2D eigenvalue weighted by atomic mass is 9.94. The standard InChI is InChI=1S/C17H23FN4O/c1-2-21-16(11-13-6-8-19-9-7-13)20-22(17(21)23)12-14-4-3-5-15(18)10-14/h3-5,10,13,19H,2,6-9,11-12H2,1H3. The van der Waals surface area contributed by atoms with Crippen LogP contribution in [0.5, 0.6) is 0 Å². The smallest absolute Gasteiger partial charge is 0.317 e. The first-order valence-corrected chi connectivity index (χ1v) is 8.29. The minimum Gasteiger partial charge on any atom is -0.317 e. The van der Waals surface area contributed by atoms with E-state index in [0.29, 0.717) is 19.0 Å². The average molecular weight is 318 g/mol. The highest BCUT2D eigenvalue weighted by molar-refractivity contribution is 5.16. The molecule has 1 saturated heterocycles. The molecule has 1 aromatic carbocycles. The molecule has 2 heterocycles. The molecule has 0 aliphatic carbocycles. The number of hydrogen-bond acceptors (Lipinski definition) is 3. The normalized spacial score (nSPS) is 15.9. The van der Waals surface area contributed by atoms with Gasteiger partial charge in [0, 0.05) is 13.0 Å². The Hall–Kier alpha value is -1.95. The van der Waals surface area contributed by atoms with Crippen LogP contribution in [0.2, 0.25) is 0 Å². The maximum absolute atomic E-state index is 13.3. The Morgan fingerprint density at radius 2 is 2.13 bits per heavy atom. The SMILES string of the molecule is CCn1c(CC2CCNCC2)nn(Cc2cccc(F)c2)c1=O. The van der Waals surface area contributed by atoms with Gasteiger partial charge >= 0.3 is 5.69 Å². The van der Waals surface area contributed by atoms with Gasteiger partial charge in [-0.3, -0.25) is 4.57 Å². The van der Waals surface area contributed by atoms with Crippen LogP contribution in [0.4, 0.5) is 4.39 Å². The number of nitrogens with zero attached hydrogens (tertiary/aromatic N) is 3. The molecule has 6 heteroatoms. The fourth-order valence-electron chi connectivity index (χ4n) is 3.21. The van der Waals surface area contributed by atoms with E-state index < -0.39 is 0 Å². The first-order chi connectivity index (χ1) is 11.2. The van der Waals surface area contributed by atoms with E-state index in [1.165, 1.54) is 16.8 Å². The quantitative estimate of drug-likeness (QED) is 0.914. The minimum atomic E-state index is -0.291. The molecule has 1 aromatic heterocycles. The molecule has 23 heavy (non-hydrogen) atoms. The van der Waals surface area contributed by atoms with Crippen LogP contribution in [0.25, 0.3) is 0 Å². The van der Waals surface area contributed by atoms with Gasteiger partial charge in [0.25, 0.3) is 0 Å². The van der Waals surface area contributed by atoms with E-state index in [1.54, 1.807) is 10.6 Å². The summed E-state index contributed by atoms with van der Waals surface area (Å²) in [4.78, 5) is 12.5. The van der Waals surface area contributed by atoms with Crippen LogP contribution in [0.3, 0.4) is 0 Å². The molecule has 0 amide bonds. The molecule has 1 aliphatic heterocycles. The first kappa shape index (κ1) is 15.9. The second-order valence-electron chi connectivity index (χ2n) is 6.13. The summed E-state index contributed by atoms with van der Waals surface area (Å²) in [6, 6.07) is 6.32. The summed E-state index contributed by atoms with van der Waals surface area (Å²) in [7, 11) is 0. The predicted molar refractivity (Wildman–Crippen MR) is 87.0 cm³/mol. The Kier molecular flexibility index (Phi) is 4.91. The van der Waals surface area contributed by atoms with Crippen LogP contribution >= 0.6 is 0 Å². The zero-order valence-corrected chi connectivity index (χ0v) is 13.5. The molecule has 5 nitrogen and oxygen atoms in total. The van der Waals surface area contributed by atoms with Crippen molar-refractivity contribution in [2.45, 2.75) is 39.3 Å². The van der Waals surface area contributed by atoms with Gasteiger partial charge in [0.15, 0.2) is 0 Å². The molecule has 0 spiro atoms. The fraction of sp³-hybridized carbons (Fsp3) is 0.529. The third-order valence-electron chi connectivity index (χ3n) is 4.47. The van der Waals surface area contributed by atoms with Gasteiger partial charge < -0.3 is 5.32 Å². The van der Waals surface area contributed by atoms with Crippen LogP contribution in [0.15, 0.2) is 29.1 Å². The number of benzene rings is 1. The van der Waals surface area contributed by atoms with E-state index in [-0.39, 0.29) is 11.5 Å². The summed E-state index contributed by atoms with van der Waals surface area (Å²) in [6.45, 7) is 4.95. The zero-order chi connectivity index (χ0) is 16.2. The number of halogens is 1. The van der Waals surface area contributed by atoms with E-state index in [9.17, 15) is 9.18 Å². The van der Waals surface area contributed by atoms with Crippen molar-refractivity contribution in [1.29, 1.82) is 0 Å². The molecule has 124 valence electrons. The molecule has 3 rings (SSSR count). The molecule has 0 bridgehead atoms. The first-order valence-electron chi connectivity index (χ1n) is 8.29.